The highest BCUT2D eigenvalue weighted by molar-refractivity contribution is 6.32. The molecule has 0 aliphatic rings. The van der Waals surface area contributed by atoms with Crippen LogP contribution in [0.4, 0.5) is 5.82 Å². The molecule has 90 valence electrons. The monoisotopic (exact) mass is 262 g/mol. The Kier molecular flexibility index (Phi) is 5.22. The smallest absolute Gasteiger partial charge is 0.245 e. The molecule has 1 heterocycles. The second-order valence-corrected chi connectivity index (χ2v) is 4.93. The van der Waals surface area contributed by atoms with E-state index in [9.17, 15) is 0 Å². The van der Waals surface area contributed by atoms with Crippen LogP contribution in [-0.4, -0.2) is 21.2 Å². The summed E-state index contributed by atoms with van der Waals surface area (Å²) in [6.07, 6.45) is 2.20. The molecule has 0 aliphatic heterocycles. The average Bonchev–Trinajstić information content (AvgIpc) is 2.20. The first kappa shape index (κ1) is 13.5. The van der Waals surface area contributed by atoms with Gasteiger partial charge in [0, 0.05) is 6.04 Å². The maximum absolute atomic E-state index is 5.85. The van der Waals surface area contributed by atoms with Gasteiger partial charge in [0.1, 0.15) is 0 Å². The number of hydrogen-bond acceptors (Lipinski definition) is 4. The van der Waals surface area contributed by atoms with Gasteiger partial charge < -0.3 is 5.32 Å². The molecule has 4 nitrogen and oxygen atoms in total. The van der Waals surface area contributed by atoms with E-state index in [2.05, 4.69) is 41.3 Å². The number of rotatable bonds is 5. The van der Waals surface area contributed by atoms with Gasteiger partial charge in [0.2, 0.25) is 5.28 Å². The predicted octanol–water partition coefficient (Wildman–Crippen LogP) is 3.42. The number of aromatic nitrogens is 3. The summed E-state index contributed by atoms with van der Waals surface area (Å²) in [5, 5.41) is 10.8. The maximum Gasteiger partial charge on any atom is 0.245 e. The second kappa shape index (κ2) is 6.21. The molecule has 0 aliphatic carbocycles. The zero-order chi connectivity index (χ0) is 12.1. The lowest BCUT2D eigenvalue weighted by molar-refractivity contribution is 0.527. The zero-order valence-corrected chi connectivity index (χ0v) is 11.2. The van der Waals surface area contributed by atoms with E-state index in [1.165, 1.54) is 0 Å². The summed E-state index contributed by atoms with van der Waals surface area (Å²) in [4.78, 5) is 3.99. The minimum atomic E-state index is 0.1000. The van der Waals surface area contributed by atoms with Crippen LogP contribution in [0.25, 0.3) is 0 Å². The summed E-state index contributed by atoms with van der Waals surface area (Å²) < 4.78 is 0. The fourth-order valence-corrected chi connectivity index (χ4v) is 1.53. The zero-order valence-electron chi connectivity index (χ0n) is 9.67. The first-order chi connectivity index (χ1) is 7.49. The number of hydrogen-bond donors (Lipinski definition) is 1. The first-order valence-corrected chi connectivity index (χ1v) is 6.07. The van der Waals surface area contributed by atoms with E-state index < -0.39 is 0 Å². The maximum atomic E-state index is 5.85. The molecule has 0 amide bonds. The molecule has 1 unspecified atom stereocenters. The molecule has 0 spiro atoms. The summed E-state index contributed by atoms with van der Waals surface area (Å²) in [6, 6.07) is 0.285. The van der Waals surface area contributed by atoms with Crippen LogP contribution in [0.5, 0.6) is 0 Å². The van der Waals surface area contributed by atoms with E-state index in [0.717, 1.165) is 12.8 Å². The van der Waals surface area contributed by atoms with Crippen molar-refractivity contribution in [3.8, 4) is 0 Å². The van der Waals surface area contributed by atoms with Crippen molar-refractivity contribution >= 4 is 29.0 Å². The molecule has 6 heteroatoms. The Morgan fingerprint density at radius 1 is 1.12 bits per heavy atom. The molecule has 0 saturated carbocycles. The van der Waals surface area contributed by atoms with Crippen LogP contribution in [0, 0.1) is 5.92 Å². The fraction of sp³-hybridized carbons (Fsp3) is 0.700. The van der Waals surface area contributed by atoms with Gasteiger partial charge in [0.15, 0.2) is 11.0 Å². The van der Waals surface area contributed by atoms with E-state index in [1.54, 1.807) is 0 Å². The van der Waals surface area contributed by atoms with E-state index in [0.29, 0.717) is 11.7 Å². The number of anilines is 1. The summed E-state index contributed by atoms with van der Waals surface area (Å²) in [7, 11) is 0. The Morgan fingerprint density at radius 2 is 1.81 bits per heavy atom. The molecule has 1 aromatic heterocycles. The quantitative estimate of drug-likeness (QED) is 0.884. The van der Waals surface area contributed by atoms with Crippen LogP contribution in [0.2, 0.25) is 10.4 Å². The van der Waals surface area contributed by atoms with Gasteiger partial charge in [0.25, 0.3) is 0 Å². The molecular weight excluding hydrogens is 247 g/mol. The number of nitrogens with zero attached hydrogens (tertiary/aromatic N) is 3. The third-order valence-electron chi connectivity index (χ3n) is 2.18. The van der Waals surface area contributed by atoms with Crippen molar-refractivity contribution in [2.24, 2.45) is 5.92 Å². The summed E-state index contributed by atoms with van der Waals surface area (Å²) in [5.41, 5.74) is 0. The Hall–Kier alpha value is -0.610. The molecule has 16 heavy (non-hydrogen) atoms. The average molecular weight is 263 g/mol. The molecular formula is C10H16Cl2N4. The molecule has 1 aromatic rings. The molecule has 0 saturated heterocycles. The van der Waals surface area contributed by atoms with Gasteiger partial charge in [-0.3, -0.25) is 0 Å². The largest absolute Gasteiger partial charge is 0.365 e. The van der Waals surface area contributed by atoms with Crippen molar-refractivity contribution < 1.29 is 0 Å². The van der Waals surface area contributed by atoms with E-state index >= 15 is 0 Å². The van der Waals surface area contributed by atoms with Crippen LogP contribution < -0.4 is 5.32 Å². The van der Waals surface area contributed by atoms with Crippen LogP contribution >= 0.6 is 23.2 Å². The SMILES string of the molecule is CC(C)CCC(C)Nc1nc(Cl)nnc1Cl. The highest BCUT2D eigenvalue weighted by Crippen LogP contribution is 2.19. The number of nitrogens with one attached hydrogen (secondary N) is 1. The molecule has 1 N–H and O–H groups in total. The van der Waals surface area contributed by atoms with Gasteiger partial charge in [0.05, 0.1) is 0 Å². The van der Waals surface area contributed by atoms with Crippen molar-refractivity contribution in [1.29, 1.82) is 0 Å². The van der Waals surface area contributed by atoms with Gasteiger partial charge in [-0.1, -0.05) is 25.4 Å². The van der Waals surface area contributed by atoms with Crippen LogP contribution in [0.15, 0.2) is 0 Å². The fourth-order valence-electron chi connectivity index (χ4n) is 1.27. The molecule has 0 radical (unpaired) electrons. The second-order valence-electron chi connectivity index (χ2n) is 4.24. The van der Waals surface area contributed by atoms with Gasteiger partial charge in [-0.25, -0.2) is 0 Å². The van der Waals surface area contributed by atoms with Crippen molar-refractivity contribution in [3.63, 3.8) is 0 Å². The minimum Gasteiger partial charge on any atom is -0.365 e. The van der Waals surface area contributed by atoms with Gasteiger partial charge in [-0.15, -0.1) is 10.2 Å². The van der Waals surface area contributed by atoms with Crippen molar-refractivity contribution in [2.45, 2.75) is 39.7 Å². The summed E-state index contributed by atoms with van der Waals surface area (Å²) in [5.74, 6) is 1.18. The normalized spacial score (nSPS) is 12.9. The van der Waals surface area contributed by atoms with E-state index in [1.807, 2.05) is 0 Å². The molecule has 0 bridgehead atoms. The first-order valence-electron chi connectivity index (χ1n) is 5.31. The summed E-state index contributed by atoms with van der Waals surface area (Å²) >= 11 is 11.5. The highest BCUT2D eigenvalue weighted by atomic mass is 35.5. The molecule has 1 atom stereocenters. The lowest BCUT2D eigenvalue weighted by Gasteiger charge is -2.15. The lowest BCUT2D eigenvalue weighted by atomic mass is 10.0. The van der Waals surface area contributed by atoms with E-state index in [4.69, 9.17) is 23.2 Å². The Labute approximate surface area is 106 Å². The lowest BCUT2D eigenvalue weighted by Crippen LogP contribution is -2.17. The van der Waals surface area contributed by atoms with Crippen LogP contribution in [-0.2, 0) is 0 Å². The predicted molar refractivity (Wildman–Crippen MR) is 67.0 cm³/mol. The van der Waals surface area contributed by atoms with Gasteiger partial charge in [-0.2, -0.15) is 4.98 Å². The Balaban J connectivity index is 2.55. The summed E-state index contributed by atoms with van der Waals surface area (Å²) in [6.45, 7) is 6.47. The van der Waals surface area contributed by atoms with Crippen molar-refractivity contribution in [2.75, 3.05) is 5.32 Å². The Morgan fingerprint density at radius 3 is 2.44 bits per heavy atom. The van der Waals surface area contributed by atoms with Crippen molar-refractivity contribution in [1.82, 2.24) is 15.2 Å². The highest BCUT2D eigenvalue weighted by Gasteiger charge is 2.09. The van der Waals surface area contributed by atoms with Gasteiger partial charge in [-0.05, 0) is 37.3 Å². The van der Waals surface area contributed by atoms with Crippen molar-refractivity contribution in [3.05, 3.63) is 10.4 Å². The topological polar surface area (TPSA) is 50.7 Å². The standard InChI is InChI=1S/C10H16Cl2N4/c1-6(2)4-5-7(3)13-9-8(11)15-16-10(12)14-9/h6-7H,4-5H2,1-3H3,(H,13,14,16). The van der Waals surface area contributed by atoms with Gasteiger partial charge >= 0.3 is 0 Å². The Bertz CT molecular complexity index is 344. The minimum absolute atomic E-state index is 0.1000. The number of halogens is 2. The van der Waals surface area contributed by atoms with Crippen LogP contribution in [0.1, 0.15) is 33.6 Å². The molecule has 0 fully saturated rings. The molecule has 0 aromatic carbocycles. The third kappa shape index (κ3) is 4.49. The van der Waals surface area contributed by atoms with E-state index in [-0.39, 0.29) is 16.5 Å². The third-order valence-corrected chi connectivity index (χ3v) is 2.59. The molecule has 1 rings (SSSR count). The van der Waals surface area contributed by atoms with Crippen LogP contribution in [0.3, 0.4) is 0 Å².